The largest absolute Gasteiger partial charge is 1.00 e. The summed E-state index contributed by atoms with van der Waals surface area (Å²) < 4.78 is 37.2. The zero-order valence-corrected chi connectivity index (χ0v) is 44.6. The van der Waals surface area contributed by atoms with E-state index in [-0.39, 0.29) is 59.9 Å². The molecular weight excluding hydrogens is 909 g/mol. The molecular formula is C45H86ClN2O9P2Tc-3. The Morgan fingerprint density at radius 2 is 0.750 bits per heavy atom. The van der Waals surface area contributed by atoms with Gasteiger partial charge in [0.1, 0.15) is 0 Å². The molecule has 0 atom stereocenters. The van der Waals surface area contributed by atoms with Crippen LogP contribution in [0.15, 0.2) is 32.6 Å². The predicted molar refractivity (Wildman–Crippen MR) is 244 cm³/mol. The van der Waals surface area contributed by atoms with Gasteiger partial charge in [0.05, 0.1) is 35.5 Å². The molecule has 0 unspecified atom stereocenters. The summed E-state index contributed by atoms with van der Waals surface area (Å²) in [5.74, 6) is -0.0778. The van der Waals surface area contributed by atoms with Crippen molar-refractivity contribution in [2.75, 3.05) is 119 Å². The molecule has 2 heterocycles. The second-order valence-corrected chi connectivity index (χ2v) is 22.3. The van der Waals surface area contributed by atoms with Crippen LogP contribution < -0.4 is 22.6 Å². The Balaban J connectivity index is -0.000000841. The molecule has 0 amide bonds. The van der Waals surface area contributed by atoms with Gasteiger partial charge in [0, 0.05) is 101 Å². The first-order valence-electron chi connectivity index (χ1n) is 21.5. The molecule has 60 heavy (non-hydrogen) atoms. The molecule has 0 N–H and O–H groups in total. The quantitative estimate of drug-likeness (QED) is 0.0587. The van der Waals surface area contributed by atoms with Crippen molar-refractivity contribution in [3.05, 3.63) is 22.7 Å². The van der Waals surface area contributed by atoms with Crippen LogP contribution >= 0.6 is 15.8 Å². The number of unbranched alkanes of at least 4 members (excludes halogenated alkanes) is 2. The number of nitrogens with zero attached hydrogens (tertiary/aromatic N) is 2. The van der Waals surface area contributed by atoms with Crippen molar-refractivity contribution in [3.8, 4) is 0 Å². The van der Waals surface area contributed by atoms with Crippen LogP contribution in [0.25, 0.3) is 0 Å². The Morgan fingerprint density at radius 1 is 0.483 bits per heavy atom. The average molecular weight is 995 g/mol. The van der Waals surface area contributed by atoms with E-state index in [1.807, 2.05) is 27.7 Å². The number of methoxy groups -OCH3 is 5. The fourth-order valence-corrected chi connectivity index (χ4v) is 11.8. The van der Waals surface area contributed by atoms with Crippen LogP contribution in [0, 0.1) is 0 Å². The molecule has 0 saturated carbocycles. The summed E-state index contributed by atoms with van der Waals surface area (Å²) in [5, 5.41) is 24.7. The van der Waals surface area contributed by atoms with Gasteiger partial charge >= 0.3 is 0 Å². The van der Waals surface area contributed by atoms with Crippen molar-refractivity contribution in [3.63, 3.8) is 0 Å². The number of ether oxygens (including phenoxy) is 7. The van der Waals surface area contributed by atoms with E-state index in [1.54, 1.807) is 75.7 Å². The molecule has 0 spiro atoms. The van der Waals surface area contributed by atoms with Crippen LogP contribution in [0.2, 0.25) is 0 Å². The molecule has 2 aliphatic rings. The second kappa shape index (κ2) is 36.2. The molecule has 15 heteroatoms. The van der Waals surface area contributed by atoms with E-state index in [1.165, 1.54) is 88.3 Å². The Bertz CT molecular complexity index is 1070. The van der Waals surface area contributed by atoms with Crippen LogP contribution in [0.5, 0.6) is 0 Å². The van der Waals surface area contributed by atoms with Gasteiger partial charge in [-0.3, -0.25) is 9.98 Å². The molecule has 0 aromatic carbocycles. The van der Waals surface area contributed by atoms with Gasteiger partial charge in [0.25, 0.3) is 0 Å². The number of aliphatic imine (C=N–C) groups is 2. The molecule has 0 fully saturated rings. The van der Waals surface area contributed by atoms with E-state index >= 15 is 0 Å². The van der Waals surface area contributed by atoms with E-state index < -0.39 is 22.4 Å². The maximum absolute atomic E-state index is 12.4. The molecule has 0 aliphatic carbocycles. The Kier molecular flexibility index (Phi) is 38.7. The summed E-state index contributed by atoms with van der Waals surface area (Å²) in [6, 6.07) is 0. The zero-order valence-electron chi connectivity index (χ0n) is 40.2. The number of hydrogen-bond acceptors (Lipinski definition) is 11. The third kappa shape index (κ3) is 27.3. The standard InChI is InChI=1S/C20H32N2O4.C13H29O2P.C12H27O3P.ClH.Tc/c1-17(2)13(15(23)19(5,6)25-17)11-21-9-10-22-12-14-16(24)20(7,8)26-18(14,3)4;1-4-5-6-11-16(12-7-9-14-2)13-8-10-15-3;1-13-7-4-10-16(11-5-8-14-2)12-6-9-15-3;;/h11-12,23-24H,9-10H2,1-8H3;4-13H2,1-3H3;4-12H2,1-3H3;1H;/p-3/i;;;;1+1. The molecule has 11 nitrogen and oxygen atoms in total. The van der Waals surface area contributed by atoms with E-state index in [0.717, 1.165) is 33.0 Å². The minimum absolute atomic E-state index is 0. The molecule has 1 radical (unpaired) electrons. The summed E-state index contributed by atoms with van der Waals surface area (Å²) in [6.07, 6.45) is 21.6. The van der Waals surface area contributed by atoms with Crippen molar-refractivity contribution in [1.82, 2.24) is 0 Å². The van der Waals surface area contributed by atoms with Gasteiger partial charge in [0.15, 0.2) is 0 Å². The smallest absolute Gasteiger partial charge is 0.0893 e. The zero-order chi connectivity index (χ0) is 44.1. The van der Waals surface area contributed by atoms with Gasteiger partial charge in [0.2, 0.25) is 0 Å². The Hall–Kier alpha value is -0.0606. The van der Waals surface area contributed by atoms with Gasteiger partial charge in [-0.25, -0.2) is 0 Å². The average Bonchev–Trinajstić information content (AvgIpc) is 3.42. The third-order valence-corrected chi connectivity index (χ3v) is 15.6. The molecule has 0 aromatic rings. The normalized spacial score (nSPS) is 17.5. The summed E-state index contributed by atoms with van der Waals surface area (Å²) in [6.45, 7) is 22.2. The van der Waals surface area contributed by atoms with Gasteiger partial charge in [-0.05, 0) is 142 Å². The summed E-state index contributed by atoms with van der Waals surface area (Å²) in [5.41, 5.74) is -1.79. The fraction of sp³-hybridized carbons (Fsp3) is 0.867. The van der Waals surface area contributed by atoms with Crippen LogP contribution in [-0.4, -0.2) is 153 Å². The second-order valence-electron chi connectivity index (χ2n) is 16.9. The van der Waals surface area contributed by atoms with Crippen LogP contribution in [-0.2, 0) is 53.3 Å². The number of halogens is 1. The molecule has 2 rings (SSSR count). The van der Waals surface area contributed by atoms with Crippen molar-refractivity contribution in [2.24, 2.45) is 9.98 Å². The van der Waals surface area contributed by atoms with E-state index in [2.05, 4.69) is 16.9 Å². The van der Waals surface area contributed by atoms with Crippen LogP contribution in [0.4, 0.5) is 0 Å². The maximum Gasteiger partial charge on any atom is 0.0893 e. The first kappa shape index (κ1) is 64.2. The Labute approximate surface area is 389 Å². The van der Waals surface area contributed by atoms with Crippen LogP contribution in [0.3, 0.4) is 0 Å². The maximum atomic E-state index is 12.4. The fourth-order valence-electron chi connectivity index (χ4n) is 6.95. The summed E-state index contributed by atoms with van der Waals surface area (Å²) >= 11 is 0. The summed E-state index contributed by atoms with van der Waals surface area (Å²) in [7, 11) is 9.33. The first-order chi connectivity index (χ1) is 27.4. The SMILES string of the molecule is CC1(C)OC(C)(C)C(C=NCCN=CC2=C([O-])C(C)(C)OC2(C)C)=C1[O-].CCCCCP(CCCOC)CCCOC.COCCCP(CCCOC)CCCOC.[99Tc].[Cl-]. The summed E-state index contributed by atoms with van der Waals surface area (Å²) in [4.78, 5) is 8.62. The minimum Gasteiger partial charge on any atom is -1.00 e. The molecule has 0 saturated heterocycles. The monoisotopic (exact) mass is 994 g/mol. The van der Waals surface area contributed by atoms with Crippen molar-refractivity contribution < 1.29 is 75.9 Å². The minimum atomic E-state index is -0.819. The van der Waals surface area contributed by atoms with Gasteiger partial charge in [-0.1, -0.05) is 31.3 Å². The number of hydrogen-bond donors (Lipinski definition) is 0. The van der Waals surface area contributed by atoms with E-state index in [9.17, 15) is 10.2 Å². The van der Waals surface area contributed by atoms with Crippen molar-refractivity contribution in [2.45, 2.75) is 136 Å². The topological polar surface area (TPSA) is 135 Å². The van der Waals surface area contributed by atoms with Crippen molar-refractivity contribution in [1.29, 1.82) is 0 Å². The molecule has 2 aliphatic heterocycles. The van der Waals surface area contributed by atoms with Crippen molar-refractivity contribution >= 4 is 28.3 Å². The molecule has 357 valence electrons. The first-order valence-corrected chi connectivity index (χ1v) is 25.3. The predicted octanol–water partition coefficient (Wildman–Crippen LogP) is 4.84. The van der Waals surface area contributed by atoms with Gasteiger partial charge in [-0.2, -0.15) is 0 Å². The van der Waals surface area contributed by atoms with Gasteiger partial charge < -0.3 is 55.8 Å². The Morgan fingerprint density at radius 3 is 0.967 bits per heavy atom. The third-order valence-electron chi connectivity index (χ3n) is 9.89. The molecule has 0 aromatic heterocycles. The van der Waals surface area contributed by atoms with E-state index in [0.29, 0.717) is 24.2 Å². The van der Waals surface area contributed by atoms with Crippen LogP contribution in [0.1, 0.15) is 114 Å². The number of rotatable bonds is 29. The molecule has 0 bridgehead atoms. The van der Waals surface area contributed by atoms with Gasteiger partial charge in [-0.15, -0.1) is 15.8 Å². The van der Waals surface area contributed by atoms with E-state index in [4.69, 9.17) is 33.2 Å².